The molecule has 2 N–H and O–H groups in total. The highest BCUT2D eigenvalue weighted by Crippen LogP contribution is 2.58. The highest BCUT2D eigenvalue weighted by molar-refractivity contribution is 5.93. The first-order valence-electron chi connectivity index (χ1n) is 20.4. The first-order valence-corrected chi connectivity index (χ1v) is 20.4. The number of aliphatic hydroxyl groups excluding tert-OH is 1. The molecule has 8 nitrogen and oxygen atoms in total. The minimum atomic E-state index is -1.13. The number of nitrogens with zero attached hydrogens (tertiary/aromatic N) is 1. The van der Waals surface area contributed by atoms with E-state index < -0.39 is 28.9 Å². The van der Waals surface area contributed by atoms with Crippen LogP contribution in [0, 0.1) is 29.1 Å². The monoisotopic (exact) mass is 719 g/mol. The number of rotatable bonds is 1. The third-order valence-corrected chi connectivity index (χ3v) is 14.7. The molecule has 0 saturated carbocycles. The van der Waals surface area contributed by atoms with Crippen molar-refractivity contribution in [2.75, 3.05) is 6.54 Å². The van der Waals surface area contributed by atoms with Crippen LogP contribution >= 0.6 is 0 Å². The largest absolute Gasteiger partial charge is 0.447 e. The topological polar surface area (TPSA) is 107 Å². The number of fused-ring (bicyclic) bond motifs is 2. The molecule has 4 bridgehead atoms. The van der Waals surface area contributed by atoms with E-state index in [2.05, 4.69) is 47.3 Å². The molecule has 3 fully saturated rings. The fourth-order valence-electron chi connectivity index (χ4n) is 11.2. The lowest BCUT2D eigenvalue weighted by Gasteiger charge is -2.49. The van der Waals surface area contributed by atoms with Crippen molar-refractivity contribution in [3.8, 4) is 0 Å². The van der Waals surface area contributed by atoms with Crippen LogP contribution in [0.3, 0.4) is 0 Å². The summed E-state index contributed by atoms with van der Waals surface area (Å²) in [5.74, 6) is -1.11. The number of cyclic esters (lactones) is 1. The Morgan fingerprint density at radius 3 is 2.44 bits per heavy atom. The quantitative estimate of drug-likeness (QED) is 0.207. The zero-order valence-corrected chi connectivity index (χ0v) is 33.2. The standard InChI is InChI=1S/C44H65NO7/c1-26-11-10-12-38-42(23-28(3)31(6)25-45-38)16-14-34(40(8)22-30(5)39(47)51-40)32(7)35(42)20-27(2)36(46)21-37-29(4)24-43(50-37)17-18-44(52-43)41(9,48)15-13-33(19-26)49-44/h20,22,28-29,31,33,35-37,46,48H,1,10-19,21,23-25H2,2-9H3/b27-20+/t28-,29?,31?,33-,35-,36-,37+,40?,41+,42+,43?,44?/m0/s1. The van der Waals surface area contributed by atoms with Crippen molar-refractivity contribution in [1.29, 1.82) is 0 Å². The number of carbonyl (C=O) groups is 1. The number of hydrogen-bond acceptors (Lipinski definition) is 8. The fraction of sp³-hybridized carbons (Fsp3) is 0.773. The zero-order chi connectivity index (χ0) is 37.4. The van der Waals surface area contributed by atoms with Crippen LogP contribution in [-0.2, 0) is 23.7 Å². The molecule has 5 unspecified atom stereocenters. The molecule has 3 spiro atoms. The van der Waals surface area contributed by atoms with Crippen molar-refractivity contribution < 1.29 is 34.0 Å². The van der Waals surface area contributed by atoms with E-state index in [1.54, 1.807) is 0 Å². The van der Waals surface area contributed by atoms with Crippen LogP contribution in [0.4, 0.5) is 0 Å². The molecule has 6 aliphatic heterocycles. The second-order valence-corrected chi connectivity index (χ2v) is 18.7. The van der Waals surface area contributed by atoms with Crippen LogP contribution in [0.1, 0.15) is 139 Å². The first kappa shape index (κ1) is 38.2. The molecule has 12 atom stereocenters. The van der Waals surface area contributed by atoms with E-state index in [1.807, 2.05) is 26.8 Å². The molecule has 7 aliphatic rings. The molecule has 8 heteroatoms. The molecule has 1 aliphatic carbocycles. The Kier molecular flexibility index (Phi) is 9.97. The van der Waals surface area contributed by atoms with Gasteiger partial charge in [0.2, 0.25) is 5.79 Å². The van der Waals surface area contributed by atoms with Crippen LogP contribution in [-0.4, -0.2) is 69.5 Å². The Bertz CT molecular complexity index is 1590. The van der Waals surface area contributed by atoms with Crippen molar-refractivity contribution >= 4 is 11.7 Å². The van der Waals surface area contributed by atoms with Gasteiger partial charge in [-0.25, -0.2) is 4.79 Å². The molecule has 0 aromatic carbocycles. The van der Waals surface area contributed by atoms with Gasteiger partial charge in [0.15, 0.2) is 5.79 Å². The van der Waals surface area contributed by atoms with Gasteiger partial charge in [0.05, 0.1) is 18.3 Å². The maximum Gasteiger partial charge on any atom is 0.334 e. The molecule has 6 heterocycles. The predicted molar refractivity (Wildman–Crippen MR) is 203 cm³/mol. The van der Waals surface area contributed by atoms with E-state index in [0.717, 1.165) is 63.5 Å². The number of carbonyl (C=O) groups excluding carboxylic acids is 1. The Morgan fingerprint density at radius 2 is 1.71 bits per heavy atom. The van der Waals surface area contributed by atoms with Crippen molar-refractivity contribution in [1.82, 2.24) is 0 Å². The Balaban J connectivity index is 1.29. The molecular formula is C44H65NO7. The van der Waals surface area contributed by atoms with Crippen LogP contribution in [0.2, 0.25) is 0 Å². The highest BCUT2D eigenvalue weighted by atomic mass is 16.8. The third kappa shape index (κ3) is 6.54. The minimum absolute atomic E-state index is 0.00585. The number of allylic oxidation sites excluding steroid dienone is 2. The van der Waals surface area contributed by atoms with E-state index >= 15 is 0 Å². The molecule has 288 valence electrons. The number of hydrogen-bond donors (Lipinski definition) is 2. The fourth-order valence-corrected chi connectivity index (χ4v) is 11.2. The molecule has 7 rings (SSSR count). The summed E-state index contributed by atoms with van der Waals surface area (Å²) in [7, 11) is 0. The molecule has 0 amide bonds. The van der Waals surface area contributed by atoms with Gasteiger partial charge in [-0.15, -0.1) is 0 Å². The molecule has 3 saturated heterocycles. The Labute approximate surface area is 312 Å². The first-order chi connectivity index (χ1) is 24.4. The highest BCUT2D eigenvalue weighted by Gasteiger charge is 2.64. The Hall–Kier alpha value is -2.10. The van der Waals surface area contributed by atoms with Crippen molar-refractivity contribution in [2.45, 2.75) is 180 Å². The van der Waals surface area contributed by atoms with Gasteiger partial charge in [0.25, 0.3) is 0 Å². The summed E-state index contributed by atoms with van der Waals surface area (Å²) in [6, 6.07) is 0. The van der Waals surface area contributed by atoms with Gasteiger partial charge in [0, 0.05) is 54.8 Å². The van der Waals surface area contributed by atoms with E-state index in [9.17, 15) is 15.0 Å². The summed E-state index contributed by atoms with van der Waals surface area (Å²) in [4.78, 5) is 18.2. The molecule has 0 radical (unpaired) electrons. The summed E-state index contributed by atoms with van der Waals surface area (Å²) < 4.78 is 26.5. The number of aliphatic hydroxyl groups is 2. The maximum atomic E-state index is 12.7. The SMILES string of the molecule is C=C1CCCC2=NCC(C)[C@@H](C)C[C@@]23CCC(C2(C)C=C(C)C(=O)O2)=C(C)[C@@H]3/C=C(\C)[C@@H](O)C[C@H]2OC3(CCC4(O[C@@H](CC[C@@]4(C)O)C1)O3)CC2C. The smallest absolute Gasteiger partial charge is 0.334 e. The second kappa shape index (κ2) is 13.6. The molecule has 52 heavy (non-hydrogen) atoms. The lowest BCUT2D eigenvalue weighted by atomic mass is 9.56. The molecule has 0 aromatic rings. The summed E-state index contributed by atoms with van der Waals surface area (Å²) in [6.45, 7) is 22.3. The van der Waals surface area contributed by atoms with E-state index in [1.165, 1.54) is 22.4 Å². The maximum absolute atomic E-state index is 12.7. The third-order valence-electron chi connectivity index (χ3n) is 14.7. The predicted octanol–water partition coefficient (Wildman–Crippen LogP) is 8.46. The van der Waals surface area contributed by atoms with E-state index in [4.69, 9.17) is 23.9 Å². The van der Waals surface area contributed by atoms with Crippen molar-refractivity contribution in [3.63, 3.8) is 0 Å². The average Bonchev–Trinajstić information content (AvgIpc) is 3.65. The Morgan fingerprint density at radius 1 is 0.942 bits per heavy atom. The van der Waals surface area contributed by atoms with E-state index in [0.29, 0.717) is 49.5 Å². The normalized spacial score (nSPS) is 48.6. The summed E-state index contributed by atoms with van der Waals surface area (Å²) >= 11 is 0. The number of esters is 1. The molecular weight excluding hydrogens is 654 g/mol. The summed E-state index contributed by atoms with van der Waals surface area (Å²) in [5, 5.41) is 23.7. The van der Waals surface area contributed by atoms with Gasteiger partial charge in [0.1, 0.15) is 11.2 Å². The molecule has 0 aromatic heterocycles. The van der Waals surface area contributed by atoms with Crippen LogP contribution in [0.25, 0.3) is 0 Å². The van der Waals surface area contributed by atoms with Gasteiger partial charge in [-0.1, -0.05) is 44.6 Å². The van der Waals surface area contributed by atoms with Crippen molar-refractivity contribution in [2.24, 2.45) is 34.1 Å². The minimum Gasteiger partial charge on any atom is -0.447 e. The van der Waals surface area contributed by atoms with E-state index in [-0.39, 0.29) is 35.4 Å². The van der Waals surface area contributed by atoms with Crippen LogP contribution in [0.15, 0.2) is 51.6 Å². The number of aliphatic imine (C=N–C) groups is 1. The zero-order valence-electron chi connectivity index (χ0n) is 33.2. The van der Waals surface area contributed by atoms with Gasteiger partial charge in [-0.3, -0.25) is 4.99 Å². The average molecular weight is 720 g/mol. The van der Waals surface area contributed by atoms with Gasteiger partial charge >= 0.3 is 5.97 Å². The van der Waals surface area contributed by atoms with Crippen LogP contribution < -0.4 is 0 Å². The van der Waals surface area contributed by atoms with Gasteiger partial charge < -0.3 is 29.2 Å². The van der Waals surface area contributed by atoms with Gasteiger partial charge in [-0.05, 0) is 127 Å². The summed E-state index contributed by atoms with van der Waals surface area (Å²) in [6.07, 6.45) is 13.3. The van der Waals surface area contributed by atoms with Crippen molar-refractivity contribution in [3.05, 3.63) is 46.6 Å². The lowest BCUT2D eigenvalue weighted by Crippen LogP contribution is -2.60. The van der Waals surface area contributed by atoms with Gasteiger partial charge in [-0.2, -0.15) is 0 Å². The number of ether oxygens (including phenoxy) is 4. The summed E-state index contributed by atoms with van der Waals surface area (Å²) in [5.41, 5.74) is 4.34. The lowest BCUT2D eigenvalue weighted by molar-refractivity contribution is -0.387. The van der Waals surface area contributed by atoms with Crippen LogP contribution in [0.5, 0.6) is 0 Å². The second-order valence-electron chi connectivity index (χ2n) is 18.7.